The van der Waals surface area contributed by atoms with Crippen molar-refractivity contribution in [2.45, 2.75) is 58.4 Å². The SMILES string of the molecule is CC(=O)OCC1OC(OC(=O)c2ccc(N=Nc3ccccc3)cc2)C(OC(C)=O)C(OC(C)=O)C1OC(C)=O. The molecule has 5 unspecified atom stereocenters. The van der Waals surface area contributed by atoms with Crippen LogP contribution in [0.1, 0.15) is 38.1 Å². The number of nitrogens with zero attached hydrogens (tertiary/aromatic N) is 2. The Labute approximate surface area is 229 Å². The van der Waals surface area contributed by atoms with Gasteiger partial charge in [-0.25, -0.2) is 4.79 Å². The molecule has 212 valence electrons. The zero-order valence-electron chi connectivity index (χ0n) is 22.2. The summed E-state index contributed by atoms with van der Waals surface area (Å²) in [5.74, 6) is -3.96. The Hall–Kier alpha value is -4.65. The van der Waals surface area contributed by atoms with Crippen molar-refractivity contribution in [2.24, 2.45) is 10.2 Å². The van der Waals surface area contributed by atoms with Gasteiger partial charge in [-0.15, -0.1) is 0 Å². The van der Waals surface area contributed by atoms with Crippen molar-refractivity contribution >= 4 is 41.2 Å². The second-order valence-electron chi connectivity index (χ2n) is 8.56. The van der Waals surface area contributed by atoms with Crippen molar-refractivity contribution in [2.75, 3.05) is 6.61 Å². The quantitative estimate of drug-likeness (QED) is 0.252. The Morgan fingerprint density at radius 3 is 1.73 bits per heavy atom. The second-order valence-corrected chi connectivity index (χ2v) is 8.56. The summed E-state index contributed by atoms with van der Waals surface area (Å²) < 4.78 is 32.2. The van der Waals surface area contributed by atoms with Gasteiger partial charge in [-0.3, -0.25) is 19.2 Å². The Bertz CT molecular complexity index is 1250. The predicted octanol–water partition coefficient (Wildman–Crippen LogP) is 3.34. The molecule has 0 bridgehead atoms. The Balaban J connectivity index is 1.85. The van der Waals surface area contributed by atoms with Gasteiger partial charge in [0.15, 0.2) is 12.2 Å². The van der Waals surface area contributed by atoms with Gasteiger partial charge >= 0.3 is 29.8 Å². The van der Waals surface area contributed by atoms with E-state index in [4.69, 9.17) is 28.4 Å². The third-order valence-corrected chi connectivity index (χ3v) is 5.31. The van der Waals surface area contributed by atoms with Crippen LogP contribution in [0.25, 0.3) is 0 Å². The van der Waals surface area contributed by atoms with Gasteiger partial charge in [0.2, 0.25) is 12.4 Å². The molecule has 13 heteroatoms. The van der Waals surface area contributed by atoms with Crippen LogP contribution in [0.3, 0.4) is 0 Å². The van der Waals surface area contributed by atoms with Crippen LogP contribution in [0.2, 0.25) is 0 Å². The maximum atomic E-state index is 13.0. The maximum absolute atomic E-state index is 13.0. The molecule has 2 aromatic rings. The van der Waals surface area contributed by atoms with Gasteiger partial charge in [0.05, 0.1) is 16.9 Å². The topological polar surface area (TPSA) is 165 Å². The van der Waals surface area contributed by atoms with E-state index in [0.717, 1.165) is 27.7 Å². The third-order valence-electron chi connectivity index (χ3n) is 5.31. The first kappa shape index (κ1) is 29.9. The number of benzene rings is 2. The van der Waals surface area contributed by atoms with Crippen molar-refractivity contribution in [1.82, 2.24) is 0 Å². The van der Waals surface area contributed by atoms with Crippen molar-refractivity contribution in [3.8, 4) is 0 Å². The molecule has 1 fully saturated rings. The molecule has 0 N–H and O–H groups in total. The molecule has 0 saturated carbocycles. The Morgan fingerprint density at radius 1 is 0.650 bits per heavy atom. The van der Waals surface area contributed by atoms with Crippen LogP contribution in [0, 0.1) is 0 Å². The van der Waals surface area contributed by atoms with Crippen LogP contribution in [0.4, 0.5) is 11.4 Å². The normalized spacial score (nSPS) is 22.1. The van der Waals surface area contributed by atoms with Gasteiger partial charge < -0.3 is 28.4 Å². The van der Waals surface area contributed by atoms with E-state index in [0.29, 0.717) is 11.4 Å². The summed E-state index contributed by atoms with van der Waals surface area (Å²) in [5.41, 5.74) is 1.20. The van der Waals surface area contributed by atoms with Crippen molar-refractivity contribution in [1.29, 1.82) is 0 Å². The molecule has 0 spiro atoms. The van der Waals surface area contributed by atoms with E-state index in [1.54, 1.807) is 12.1 Å². The van der Waals surface area contributed by atoms with E-state index in [9.17, 15) is 24.0 Å². The monoisotopic (exact) mass is 556 g/mol. The average molecular weight is 557 g/mol. The molecular formula is C27H28N2O11. The summed E-state index contributed by atoms with van der Waals surface area (Å²) in [7, 11) is 0. The van der Waals surface area contributed by atoms with Crippen LogP contribution in [0.15, 0.2) is 64.8 Å². The number of ether oxygens (including phenoxy) is 6. The van der Waals surface area contributed by atoms with Crippen LogP contribution in [-0.4, -0.2) is 67.2 Å². The molecule has 1 aliphatic rings. The summed E-state index contributed by atoms with van der Waals surface area (Å²) in [5, 5.41) is 8.22. The highest BCUT2D eigenvalue weighted by atomic mass is 16.7. The van der Waals surface area contributed by atoms with E-state index in [1.165, 1.54) is 24.3 Å². The lowest BCUT2D eigenvalue weighted by Gasteiger charge is -2.43. The van der Waals surface area contributed by atoms with E-state index >= 15 is 0 Å². The van der Waals surface area contributed by atoms with E-state index in [2.05, 4.69) is 10.2 Å². The highest BCUT2D eigenvalue weighted by Crippen LogP contribution is 2.30. The lowest BCUT2D eigenvalue weighted by molar-refractivity contribution is -0.294. The van der Waals surface area contributed by atoms with Gasteiger partial charge in [0, 0.05) is 27.7 Å². The van der Waals surface area contributed by atoms with Gasteiger partial charge in [-0.1, -0.05) is 18.2 Å². The number of carbonyl (C=O) groups is 5. The Morgan fingerprint density at radius 2 is 1.18 bits per heavy atom. The summed E-state index contributed by atoms with van der Waals surface area (Å²) in [6.45, 7) is 3.97. The van der Waals surface area contributed by atoms with Gasteiger partial charge in [-0.2, -0.15) is 10.2 Å². The molecule has 1 aliphatic heterocycles. The fourth-order valence-corrected chi connectivity index (χ4v) is 3.73. The van der Waals surface area contributed by atoms with E-state index in [-0.39, 0.29) is 5.56 Å². The molecule has 0 amide bonds. The highest BCUT2D eigenvalue weighted by molar-refractivity contribution is 5.89. The van der Waals surface area contributed by atoms with E-state index < -0.39 is 67.2 Å². The van der Waals surface area contributed by atoms with Crippen LogP contribution in [0.5, 0.6) is 0 Å². The van der Waals surface area contributed by atoms with Gasteiger partial charge in [-0.05, 0) is 36.4 Å². The molecule has 40 heavy (non-hydrogen) atoms. The van der Waals surface area contributed by atoms with Crippen LogP contribution in [-0.2, 0) is 47.6 Å². The molecule has 1 saturated heterocycles. The average Bonchev–Trinajstić information content (AvgIpc) is 2.89. The summed E-state index contributed by atoms with van der Waals surface area (Å²) in [6, 6.07) is 15.0. The number of rotatable bonds is 9. The lowest BCUT2D eigenvalue weighted by Crippen LogP contribution is -2.63. The predicted molar refractivity (Wildman–Crippen MR) is 134 cm³/mol. The summed E-state index contributed by atoms with van der Waals surface area (Å²) in [6.07, 6.45) is -7.23. The van der Waals surface area contributed by atoms with Crippen molar-refractivity contribution in [3.63, 3.8) is 0 Å². The number of hydrogen-bond acceptors (Lipinski definition) is 13. The van der Waals surface area contributed by atoms with E-state index in [1.807, 2.05) is 18.2 Å². The zero-order chi connectivity index (χ0) is 29.2. The number of hydrogen-bond donors (Lipinski definition) is 0. The molecule has 3 rings (SSSR count). The minimum Gasteiger partial charge on any atom is -0.463 e. The molecule has 0 radical (unpaired) electrons. The Kier molecular flexibility index (Phi) is 10.4. The zero-order valence-corrected chi connectivity index (χ0v) is 22.2. The first-order valence-electron chi connectivity index (χ1n) is 12.1. The minimum atomic E-state index is -1.63. The molecule has 0 aliphatic carbocycles. The lowest BCUT2D eigenvalue weighted by atomic mass is 9.98. The van der Waals surface area contributed by atoms with Crippen molar-refractivity contribution < 1.29 is 52.4 Å². The molecule has 0 aromatic heterocycles. The molecule has 1 heterocycles. The van der Waals surface area contributed by atoms with Crippen molar-refractivity contribution in [3.05, 3.63) is 60.2 Å². The van der Waals surface area contributed by atoms with Gasteiger partial charge in [0.1, 0.15) is 12.7 Å². The molecular weight excluding hydrogens is 528 g/mol. The third kappa shape index (κ3) is 8.70. The van der Waals surface area contributed by atoms with Crippen LogP contribution >= 0.6 is 0 Å². The fourth-order valence-electron chi connectivity index (χ4n) is 3.73. The highest BCUT2D eigenvalue weighted by Gasteiger charge is 2.53. The smallest absolute Gasteiger partial charge is 0.340 e. The second kappa shape index (κ2) is 13.9. The van der Waals surface area contributed by atoms with Crippen LogP contribution < -0.4 is 0 Å². The number of carbonyl (C=O) groups excluding carboxylic acids is 5. The number of esters is 5. The molecule has 13 nitrogen and oxygen atoms in total. The standard InChI is InChI=1S/C27H28N2O11/c1-15(30)35-14-22-23(36-16(2)31)24(37-17(3)32)25(38-18(4)33)27(39-22)40-26(34)19-10-12-21(13-11-19)29-28-20-8-6-5-7-9-20/h5-13,22-25,27H,14H2,1-4H3. The minimum absolute atomic E-state index is 0.0894. The molecule has 5 atom stereocenters. The number of azo groups is 1. The fraction of sp³-hybridized carbons (Fsp3) is 0.370. The van der Waals surface area contributed by atoms with Gasteiger partial charge in [0.25, 0.3) is 0 Å². The first-order valence-corrected chi connectivity index (χ1v) is 12.1. The first-order chi connectivity index (χ1) is 19.0. The summed E-state index contributed by atoms with van der Waals surface area (Å²) >= 11 is 0. The molecule has 2 aromatic carbocycles. The maximum Gasteiger partial charge on any atom is 0.340 e. The largest absolute Gasteiger partial charge is 0.463 e. The summed E-state index contributed by atoms with van der Waals surface area (Å²) in [4.78, 5) is 60.1.